The van der Waals surface area contributed by atoms with Crippen LogP contribution in [0.25, 0.3) is 0 Å². The molecule has 1 unspecified atom stereocenters. The van der Waals surface area contributed by atoms with E-state index in [2.05, 4.69) is 0 Å². The lowest BCUT2D eigenvalue weighted by atomic mass is 10.1. The lowest BCUT2D eigenvalue weighted by Gasteiger charge is -2.13. The molecule has 0 aliphatic rings. The predicted octanol–water partition coefficient (Wildman–Crippen LogP) is 3.80. The molecule has 19 heavy (non-hydrogen) atoms. The van der Waals surface area contributed by atoms with Crippen molar-refractivity contribution in [2.45, 2.75) is 11.0 Å². The molecule has 0 fully saturated rings. The number of amides is 1. The first-order valence-corrected chi connectivity index (χ1v) is 7.30. The Labute approximate surface area is 122 Å². The van der Waals surface area contributed by atoms with Gasteiger partial charge in [0.1, 0.15) is 5.25 Å². The molecule has 0 spiro atoms. The monoisotopic (exact) mass is 291 g/mol. The molecular weight excluding hydrogens is 278 g/mol. The van der Waals surface area contributed by atoms with E-state index in [1.54, 1.807) is 0 Å². The van der Waals surface area contributed by atoms with Crippen molar-refractivity contribution in [3.63, 3.8) is 0 Å². The fourth-order valence-electron chi connectivity index (χ4n) is 1.73. The minimum absolute atomic E-state index is 0.315. The molecule has 0 aliphatic carbocycles. The number of carbonyl (C=O) groups is 1. The van der Waals surface area contributed by atoms with Crippen molar-refractivity contribution in [1.82, 2.24) is 0 Å². The van der Waals surface area contributed by atoms with E-state index in [1.807, 2.05) is 54.6 Å². The molecular formula is C15H14ClNOS. The largest absolute Gasteiger partial charge is 0.368 e. The van der Waals surface area contributed by atoms with Gasteiger partial charge in [0.15, 0.2) is 0 Å². The maximum Gasteiger partial charge on any atom is 0.235 e. The van der Waals surface area contributed by atoms with Crippen LogP contribution in [0.15, 0.2) is 54.6 Å². The zero-order valence-corrected chi connectivity index (χ0v) is 11.8. The third kappa shape index (κ3) is 4.01. The number of carbonyl (C=O) groups excluding carboxylic acids is 1. The van der Waals surface area contributed by atoms with Gasteiger partial charge < -0.3 is 5.73 Å². The van der Waals surface area contributed by atoms with Crippen LogP contribution in [-0.2, 0) is 10.5 Å². The third-order valence-corrected chi connectivity index (χ3v) is 4.28. The smallest absolute Gasteiger partial charge is 0.235 e. The molecule has 2 rings (SSSR count). The van der Waals surface area contributed by atoms with E-state index in [1.165, 1.54) is 11.8 Å². The van der Waals surface area contributed by atoms with Crippen molar-refractivity contribution in [3.8, 4) is 0 Å². The summed E-state index contributed by atoms with van der Waals surface area (Å²) in [7, 11) is 0. The summed E-state index contributed by atoms with van der Waals surface area (Å²) >= 11 is 7.36. The summed E-state index contributed by atoms with van der Waals surface area (Å²) in [6.07, 6.45) is 0. The maximum absolute atomic E-state index is 11.6. The Morgan fingerprint density at radius 1 is 1.11 bits per heavy atom. The first-order chi connectivity index (χ1) is 9.16. The number of halogens is 1. The predicted molar refractivity (Wildman–Crippen MR) is 81.1 cm³/mol. The number of rotatable bonds is 5. The summed E-state index contributed by atoms with van der Waals surface area (Å²) in [5.41, 5.74) is 7.54. The summed E-state index contributed by atoms with van der Waals surface area (Å²) in [4.78, 5) is 11.6. The van der Waals surface area contributed by atoms with E-state index in [0.717, 1.165) is 16.9 Å². The molecule has 2 aromatic rings. The topological polar surface area (TPSA) is 43.1 Å². The lowest BCUT2D eigenvalue weighted by molar-refractivity contribution is -0.117. The molecule has 0 radical (unpaired) electrons. The van der Waals surface area contributed by atoms with Crippen LogP contribution in [0.2, 0.25) is 5.02 Å². The van der Waals surface area contributed by atoms with Crippen molar-refractivity contribution in [3.05, 3.63) is 70.7 Å². The standard InChI is InChI=1S/C15H14ClNOS/c16-13-8-6-11(7-9-13)10-19-14(15(17)18)12-4-2-1-3-5-12/h1-9,14H,10H2,(H2,17,18). The SMILES string of the molecule is NC(=O)C(SCc1ccc(Cl)cc1)c1ccccc1. The molecule has 0 aliphatic heterocycles. The number of hydrogen-bond acceptors (Lipinski definition) is 2. The highest BCUT2D eigenvalue weighted by molar-refractivity contribution is 7.99. The Morgan fingerprint density at radius 3 is 2.32 bits per heavy atom. The van der Waals surface area contributed by atoms with E-state index in [4.69, 9.17) is 17.3 Å². The molecule has 2 aromatic carbocycles. The summed E-state index contributed by atoms with van der Waals surface area (Å²) < 4.78 is 0. The molecule has 0 saturated heterocycles. The van der Waals surface area contributed by atoms with E-state index < -0.39 is 0 Å². The Hall–Kier alpha value is -1.45. The van der Waals surface area contributed by atoms with E-state index in [0.29, 0.717) is 5.02 Å². The fourth-order valence-corrected chi connectivity index (χ4v) is 2.92. The fraction of sp³-hybridized carbons (Fsp3) is 0.133. The van der Waals surface area contributed by atoms with Gasteiger partial charge in [-0.3, -0.25) is 4.79 Å². The normalized spacial score (nSPS) is 12.1. The number of nitrogens with two attached hydrogens (primary N) is 1. The van der Waals surface area contributed by atoms with Gasteiger partial charge in [0.05, 0.1) is 0 Å². The summed E-state index contributed by atoms with van der Waals surface area (Å²) in [5, 5.41) is 0.389. The zero-order chi connectivity index (χ0) is 13.7. The minimum Gasteiger partial charge on any atom is -0.368 e. The van der Waals surface area contributed by atoms with Crippen LogP contribution < -0.4 is 5.73 Å². The Balaban J connectivity index is 2.06. The van der Waals surface area contributed by atoms with Crippen LogP contribution in [0, 0.1) is 0 Å². The summed E-state index contributed by atoms with van der Waals surface area (Å²) in [5.74, 6) is 0.407. The van der Waals surface area contributed by atoms with Crippen LogP contribution in [0.5, 0.6) is 0 Å². The minimum atomic E-state index is -0.322. The van der Waals surface area contributed by atoms with Crippen molar-refractivity contribution in [1.29, 1.82) is 0 Å². The zero-order valence-electron chi connectivity index (χ0n) is 10.3. The molecule has 1 amide bonds. The highest BCUT2D eigenvalue weighted by Gasteiger charge is 2.17. The van der Waals surface area contributed by atoms with Gasteiger partial charge in [0.25, 0.3) is 0 Å². The van der Waals surface area contributed by atoms with Gasteiger partial charge in [-0.1, -0.05) is 54.1 Å². The van der Waals surface area contributed by atoms with Crippen molar-refractivity contribution >= 4 is 29.3 Å². The van der Waals surface area contributed by atoms with Gasteiger partial charge in [-0.15, -0.1) is 11.8 Å². The number of hydrogen-bond donors (Lipinski definition) is 1. The van der Waals surface area contributed by atoms with Gasteiger partial charge >= 0.3 is 0 Å². The molecule has 0 bridgehead atoms. The molecule has 2 nitrogen and oxygen atoms in total. The van der Waals surface area contributed by atoms with E-state index in [-0.39, 0.29) is 11.2 Å². The quantitative estimate of drug-likeness (QED) is 0.910. The van der Waals surface area contributed by atoms with Crippen LogP contribution in [0.4, 0.5) is 0 Å². The molecule has 1 atom stereocenters. The van der Waals surface area contributed by atoms with Crippen LogP contribution >= 0.6 is 23.4 Å². The van der Waals surface area contributed by atoms with Crippen LogP contribution in [0.1, 0.15) is 16.4 Å². The van der Waals surface area contributed by atoms with Gasteiger partial charge in [0, 0.05) is 10.8 Å². The second-order valence-electron chi connectivity index (χ2n) is 4.13. The average molecular weight is 292 g/mol. The van der Waals surface area contributed by atoms with E-state index >= 15 is 0 Å². The number of benzene rings is 2. The van der Waals surface area contributed by atoms with Crippen LogP contribution in [0.3, 0.4) is 0 Å². The molecule has 2 N–H and O–H groups in total. The Kier molecular flexibility index (Phi) is 4.88. The van der Waals surface area contributed by atoms with Gasteiger partial charge in [-0.05, 0) is 23.3 Å². The van der Waals surface area contributed by atoms with Gasteiger partial charge in [0.2, 0.25) is 5.91 Å². The number of primary amides is 1. The lowest BCUT2D eigenvalue weighted by Crippen LogP contribution is -2.19. The Bertz CT molecular complexity index is 542. The second kappa shape index (κ2) is 6.64. The average Bonchev–Trinajstić information content (AvgIpc) is 2.42. The highest BCUT2D eigenvalue weighted by Crippen LogP contribution is 2.31. The maximum atomic E-state index is 11.6. The molecule has 0 saturated carbocycles. The van der Waals surface area contributed by atoms with Crippen molar-refractivity contribution in [2.24, 2.45) is 5.73 Å². The molecule has 0 heterocycles. The first kappa shape index (κ1) is 14.0. The Morgan fingerprint density at radius 2 is 1.74 bits per heavy atom. The molecule has 98 valence electrons. The third-order valence-electron chi connectivity index (χ3n) is 2.69. The highest BCUT2D eigenvalue weighted by atomic mass is 35.5. The van der Waals surface area contributed by atoms with Crippen molar-refractivity contribution < 1.29 is 4.79 Å². The summed E-state index contributed by atoms with van der Waals surface area (Å²) in [6, 6.07) is 17.2. The molecule has 0 aromatic heterocycles. The summed E-state index contributed by atoms with van der Waals surface area (Å²) in [6.45, 7) is 0. The first-order valence-electron chi connectivity index (χ1n) is 5.87. The van der Waals surface area contributed by atoms with Gasteiger partial charge in [-0.2, -0.15) is 0 Å². The van der Waals surface area contributed by atoms with Crippen LogP contribution in [-0.4, -0.2) is 5.91 Å². The second-order valence-corrected chi connectivity index (χ2v) is 5.66. The van der Waals surface area contributed by atoms with Crippen molar-refractivity contribution in [2.75, 3.05) is 0 Å². The van der Waals surface area contributed by atoms with Gasteiger partial charge in [-0.25, -0.2) is 0 Å². The number of thioether (sulfide) groups is 1. The van der Waals surface area contributed by atoms with E-state index in [9.17, 15) is 4.79 Å². The molecule has 4 heteroatoms.